The van der Waals surface area contributed by atoms with Crippen LogP contribution in [0.5, 0.6) is 5.75 Å². The van der Waals surface area contributed by atoms with Crippen molar-refractivity contribution in [1.82, 2.24) is 15.1 Å². The Morgan fingerprint density at radius 2 is 1.96 bits per heavy atom. The predicted octanol–water partition coefficient (Wildman–Crippen LogP) is 0.452. The number of hydrogen-bond acceptors (Lipinski definition) is 5. The van der Waals surface area contributed by atoms with E-state index >= 15 is 0 Å². The first kappa shape index (κ1) is 17.2. The number of aliphatic hydroxyl groups excluding tert-OH is 1. The molecule has 1 amide bonds. The van der Waals surface area contributed by atoms with Crippen LogP contribution >= 0.6 is 0 Å². The monoisotopic (exact) mass is 333 g/mol. The third kappa shape index (κ3) is 4.26. The Bertz CT molecular complexity index is 541. The van der Waals surface area contributed by atoms with Crippen LogP contribution in [-0.4, -0.2) is 72.3 Å². The van der Waals surface area contributed by atoms with Crippen molar-refractivity contribution in [1.29, 1.82) is 0 Å². The Hall–Kier alpha value is -1.63. The highest BCUT2D eigenvalue weighted by atomic mass is 16.5. The first-order valence-corrected chi connectivity index (χ1v) is 8.80. The molecule has 0 bridgehead atoms. The molecule has 0 radical (unpaired) electrons. The number of piperazine rings is 1. The normalized spacial score (nSPS) is 25.0. The van der Waals surface area contributed by atoms with Crippen LogP contribution in [0.4, 0.5) is 0 Å². The molecule has 2 atom stereocenters. The molecule has 1 aromatic carbocycles. The van der Waals surface area contributed by atoms with Gasteiger partial charge in [-0.05, 0) is 31.0 Å². The molecule has 24 heavy (non-hydrogen) atoms. The van der Waals surface area contributed by atoms with Gasteiger partial charge in [0.15, 0.2) is 0 Å². The van der Waals surface area contributed by atoms with Crippen molar-refractivity contribution in [2.45, 2.75) is 32.0 Å². The van der Waals surface area contributed by atoms with E-state index in [4.69, 9.17) is 4.74 Å². The highest BCUT2D eigenvalue weighted by molar-refractivity contribution is 5.82. The van der Waals surface area contributed by atoms with Gasteiger partial charge in [0.2, 0.25) is 5.91 Å². The first-order valence-electron chi connectivity index (χ1n) is 8.80. The molecule has 2 heterocycles. The number of nitrogens with one attached hydrogen (secondary N) is 1. The summed E-state index contributed by atoms with van der Waals surface area (Å²) in [5.74, 6) is 1.04. The minimum Gasteiger partial charge on any atom is -0.494 e. The van der Waals surface area contributed by atoms with Crippen LogP contribution in [0.1, 0.15) is 18.9 Å². The van der Waals surface area contributed by atoms with Crippen LogP contribution in [0.25, 0.3) is 0 Å². The Morgan fingerprint density at radius 3 is 2.54 bits per heavy atom. The molecule has 132 valence electrons. The van der Waals surface area contributed by atoms with Crippen molar-refractivity contribution in [3.63, 3.8) is 0 Å². The molecular formula is C18H27N3O3. The summed E-state index contributed by atoms with van der Waals surface area (Å²) in [7, 11) is 0. The molecule has 0 unspecified atom stereocenters. The van der Waals surface area contributed by atoms with Crippen molar-refractivity contribution in [2.24, 2.45) is 0 Å². The molecule has 2 fully saturated rings. The van der Waals surface area contributed by atoms with Gasteiger partial charge in [-0.2, -0.15) is 0 Å². The number of ether oxygens (including phenoxy) is 1. The fourth-order valence-electron chi connectivity index (χ4n) is 3.37. The van der Waals surface area contributed by atoms with Crippen molar-refractivity contribution >= 4 is 5.91 Å². The van der Waals surface area contributed by atoms with Gasteiger partial charge < -0.3 is 20.1 Å². The fourth-order valence-corrected chi connectivity index (χ4v) is 3.37. The predicted molar refractivity (Wildman–Crippen MR) is 91.9 cm³/mol. The van der Waals surface area contributed by atoms with Crippen LogP contribution in [0.3, 0.4) is 0 Å². The molecular weight excluding hydrogens is 306 g/mol. The number of β-amino-alcohol motifs (C(OH)–C–C–N with tert-alkyl or cyclic N) is 1. The average molecular weight is 333 g/mol. The van der Waals surface area contributed by atoms with Crippen LogP contribution in [0.15, 0.2) is 24.3 Å². The topological polar surface area (TPSA) is 65.0 Å². The number of carbonyl (C=O) groups excluding carboxylic acids is 1. The molecule has 0 saturated carbocycles. The van der Waals surface area contributed by atoms with Gasteiger partial charge in [0, 0.05) is 39.3 Å². The van der Waals surface area contributed by atoms with E-state index in [0.717, 1.165) is 38.5 Å². The van der Waals surface area contributed by atoms with Gasteiger partial charge in [0.05, 0.1) is 18.8 Å². The van der Waals surface area contributed by atoms with Gasteiger partial charge >= 0.3 is 0 Å². The van der Waals surface area contributed by atoms with Crippen LogP contribution in [0.2, 0.25) is 0 Å². The lowest BCUT2D eigenvalue weighted by atomic mass is 10.1. The second-order valence-corrected chi connectivity index (χ2v) is 6.53. The van der Waals surface area contributed by atoms with E-state index in [1.165, 1.54) is 5.56 Å². The first-order chi connectivity index (χ1) is 11.7. The molecule has 3 rings (SSSR count). The van der Waals surface area contributed by atoms with Crippen molar-refractivity contribution < 1.29 is 14.6 Å². The lowest BCUT2D eigenvalue weighted by molar-refractivity contribution is -0.135. The Kier molecular flexibility index (Phi) is 5.71. The van der Waals surface area contributed by atoms with E-state index in [1.807, 2.05) is 24.0 Å². The molecule has 2 N–H and O–H groups in total. The summed E-state index contributed by atoms with van der Waals surface area (Å²) in [6.45, 7) is 7.36. The van der Waals surface area contributed by atoms with Gasteiger partial charge in [0.25, 0.3) is 0 Å². The molecule has 2 aliphatic rings. The van der Waals surface area contributed by atoms with E-state index < -0.39 is 0 Å². The molecule has 0 aliphatic carbocycles. The third-order valence-corrected chi connectivity index (χ3v) is 4.73. The maximum Gasteiger partial charge on any atom is 0.239 e. The summed E-state index contributed by atoms with van der Waals surface area (Å²) in [4.78, 5) is 16.7. The molecule has 6 heteroatoms. The number of carbonyl (C=O) groups is 1. The van der Waals surface area contributed by atoms with E-state index in [9.17, 15) is 9.90 Å². The minimum absolute atomic E-state index is 0.132. The van der Waals surface area contributed by atoms with Gasteiger partial charge in [0.1, 0.15) is 5.75 Å². The summed E-state index contributed by atoms with van der Waals surface area (Å²) in [5.41, 5.74) is 1.26. The maximum atomic E-state index is 12.4. The number of hydrogen-bond donors (Lipinski definition) is 2. The second-order valence-electron chi connectivity index (χ2n) is 6.53. The summed E-state index contributed by atoms with van der Waals surface area (Å²) < 4.78 is 5.47. The van der Waals surface area contributed by atoms with Crippen molar-refractivity contribution in [3.05, 3.63) is 29.8 Å². The molecule has 0 aromatic heterocycles. The lowest BCUT2D eigenvalue weighted by Crippen LogP contribution is -2.52. The standard InChI is InChI=1S/C18H27N3O3/c1-2-24-16-5-3-14(4-6-16)13-20-7-9-21(10-8-20)18(23)17-11-15(22)12-19-17/h3-6,15,17,19,22H,2,7-13H2,1H3/t15-,17+/m0/s1. The number of aliphatic hydroxyl groups is 1. The zero-order chi connectivity index (χ0) is 16.9. The Morgan fingerprint density at radius 1 is 1.25 bits per heavy atom. The van der Waals surface area contributed by atoms with Gasteiger partial charge in [-0.25, -0.2) is 0 Å². The summed E-state index contributed by atoms with van der Waals surface area (Å²) in [5, 5.41) is 12.7. The van der Waals surface area contributed by atoms with E-state index in [0.29, 0.717) is 19.6 Å². The Balaban J connectivity index is 1.45. The minimum atomic E-state index is -0.389. The fraction of sp³-hybridized carbons (Fsp3) is 0.611. The molecule has 0 spiro atoms. The van der Waals surface area contributed by atoms with Crippen LogP contribution in [0, 0.1) is 0 Å². The summed E-state index contributed by atoms with van der Waals surface area (Å²) in [6.07, 6.45) is 0.144. The summed E-state index contributed by atoms with van der Waals surface area (Å²) in [6, 6.07) is 8.02. The third-order valence-electron chi connectivity index (χ3n) is 4.73. The second kappa shape index (κ2) is 7.96. The average Bonchev–Trinajstić information content (AvgIpc) is 3.03. The maximum absolute atomic E-state index is 12.4. The SMILES string of the molecule is CCOc1ccc(CN2CCN(C(=O)[C@H]3C[C@H](O)CN3)CC2)cc1. The zero-order valence-corrected chi connectivity index (χ0v) is 14.3. The quantitative estimate of drug-likeness (QED) is 0.819. The highest BCUT2D eigenvalue weighted by Gasteiger charge is 2.32. The zero-order valence-electron chi connectivity index (χ0n) is 14.3. The summed E-state index contributed by atoms with van der Waals surface area (Å²) >= 11 is 0. The smallest absolute Gasteiger partial charge is 0.239 e. The van der Waals surface area contributed by atoms with Gasteiger partial charge in [-0.3, -0.25) is 9.69 Å². The Labute approximate surface area is 143 Å². The number of benzene rings is 1. The van der Waals surface area contributed by atoms with Gasteiger partial charge in [-0.15, -0.1) is 0 Å². The molecule has 2 saturated heterocycles. The van der Waals surface area contributed by atoms with E-state index in [2.05, 4.69) is 22.3 Å². The van der Waals surface area contributed by atoms with Gasteiger partial charge in [-0.1, -0.05) is 12.1 Å². The number of nitrogens with zero attached hydrogens (tertiary/aromatic N) is 2. The molecule has 1 aromatic rings. The highest BCUT2D eigenvalue weighted by Crippen LogP contribution is 2.16. The number of rotatable bonds is 5. The van der Waals surface area contributed by atoms with E-state index in [1.54, 1.807) is 0 Å². The lowest BCUT2D eigenvalue weighted by Gasteiger charge is -2.36. The number of amides is 1. The van der Waals surface area contributed by atoms with Crippen LogP contribution in [-0.2, 0) is 11.3 Å². The largest absolute Gasteiger partial charge is 0.494 e. The van der Waals surface area contributed by atoms with Crippen molar-refractivity contribution in [2.75, 3.05) is 39.3 Å². The van der Waals surface area contributed by atoms with E-state index in [-0.39, 0.29) is 18.1 Å². The van der Waals surface area contributed by atoms with Crippen molar-refractivity contribution in [3.8, 4) is 5.75 Å². The van der Waals surface area contributed by atoms with Crippen LogP contribution < -0.4 is 10.1 Å². The molecule has 6 nitrogen and oxygen atoms in total. The molecule has 2 aliphatic heterocycles.